The number of benzene rings is 3. The van der Waals surface area contributed by atoms with Crippen LogP contribution in [0.15, 0.2) is 95.8 Å². The summed E-state index contributed by atoms with van der Waals surface area (Å²) in [7, 11) is 0. The zero-order valence-electron chi connectivity index (χ0n) is 15.7. The molecule has 0 saturated heterocycles. The number of carbonyl (C=O) groups excluding carboxylic acids is 1. The Morgan fingerprint density at radius 2 is 1.40 bits per heavy atom. The first-order chi connectivity index (χ1) is 14.6. The summed E-state index contributed by atoms with van der Waals surface area (Å²) in [4.78, 5) is 26.5. The molecule has 144 valence electrons. The SMILES string of the molecule is N#Cc1c(-c2ccccc2)cc(-c2ccccc2)n(C(=O)c2ccc(F)cc2)c1=O. The van der Waals surface area contributed by atoms with Crippen LogP contribution in [-0.2, 0) is 0 Å². The smallest absolute Gasteiger partial charge is 0.268 e. The largest absolute Gasteiger partial charge is 0.276 e. The van der Waals surface area contributed by atoms with Gasteiger partial charge < -0.3 is 0 Å². The van der Waals surface area contributed by atoms with Gasteiger partial charge in [0.15, 0.2) is 0 Å². The van der Waals surface area contributed by atoms with Crippen molar-refractivity contribution in [1.82, 2.24) is 4.57 Å². The standard InChI is InChI=1S/C25H15FN2O2/c26-20-13-11-19(12-14-20)24(29)28-23(18-9-5-2-6-10-18)15-21(22(16-27)25(28)30)17-7-3-1-4-8-17/h1-15H. The molecule has 0 atom stereocenters. The molecular formula is C25H15FN2O2. The van der Waals surface area contributed by atoms with Gasteiger partial charge >= 0.3 is 0 Å². The molecule has 0 N–H and O–H groups in total. The van der Waals surface area contributed by atoms with Crippen LogP contribution >= 0.6 is 0 Å². The van der Waals surface area contributed by atoms with Crippen LogP contribution in [0.2, 0.25) is 0 Å². The number of hydrogen-bond donors (Lipinski definition) is 0. The van der Waals surface area contributed by atoms with Crippen LogP contribution < -0.4 is 5.56 Å². The minimum atomic E-state index is -0.716. The van der Waals surface area contributed by atoms with E-state index >= 15 is 0 Å². The first-order valence-electron chi connectivity index (χ1n) is 9.21. The molecule has 3 aromatic carbocycles. The molecule has 0 spiro atoms. The third kappa shape index (κ3) is 3.43. The molecule has 0 radical (unpaired) electrons. The van der Waals surface area contributed by atoms with Gasteiger partial charge in [0.25, 0.3) is 11.5 Å². The molecule has 0 aliphatic heterocycles. The first kappa shape index (κ1) is 19.0. The fourth-order valence-corrected chi connectivity index (χ4v) is 3.31. The highest BCUT2D eigenvalue weighted by Gasteiger charge is 2.22. The predicted octanol–water partition coefficient (Wildman–Crippen LogP) is 4.88. The number of nitriles is 1. The second kappa shape index (κ2) is 7.98. The summed E-state index contributed by atoms with van der Waals surface area (Å²) in [6.45, 7) is 0. The highest BCUT2D eigenvalue weighted by Crippen LogP contribution is 2.28. The normalized spacial score (nSPS) is 10.4. The maximum absolute atomic E-state index is 13.3. The average molecular weight is 394 g/mol. The molecule has 0 bridgehead atoms. The third-order valence-corrected chi connectivity index (χ3v) is 4.77. The molecule has 0 aliphatic rings. The van der Waals surface area contributed by atoms with Gasteiger partial charge in [-0.25, -0.2) is 8.96 Å². The molecule has 4 rings (SSSR count). The van der Waals surface area contributed by atoms with E-state index < -0.39 is 17.3 Å². The summed E-state index contributed by atoms with van der Waals surface area (Å²) in [5.74, 6) is -1.12. The first-order valence-corrected chi connectivity index (χ1v) is 9.21. The number of nitrogens with zero attached hydrogens (tertiary/aromatic N) is 2. The van der Waals surface area contributed by atoms with E-state index in [1.54, 1.807) is 42.5 Å². The van der Waals surface area contributed by atoms with Crippen LogP contribution in [0.3, 0.4) is 0 Å². The van der Waals surface area contributed by atoms with E-state index in [9.17, 15) is 19.2 Å². The lowest BCUT2D eigenvalue weighted by molar-refractivity contribution is 0.0957. The van der Waals surface area contributed by atoms with Crippen molar-refractivity contribution in [3.05, 3.63) is 118 Å². The van der Waals surface area contributed by atoms with Crippen molar-refractivity contribution in [3.8, 4) is 28.5 Å². The summed E-state index contributed by atoms with van der Waals surface area (Å²) in [6, 6.07) is 26.6. The van der Waals surface area contributed by atoms with Crippen molar-refractivity contribution in [1.29, 1.82) is 5.26 Å². The zero-order valence-corrected chi connectivity index (χ0v) is 15.7. The van der Waals surface area contributed by atoms with Gasteiger partial charge in [-0.3, -0.25) is 9.59 Å². The molecule has 4 aromatic rings. The van der Waals surface area contributed by atoms with Crippen LogP contribution in [0, 0.1) is 17.1 Å². The molecular weight excluding hydrogens is 379 g/mol. The molecule has 1 aromatic heterocycles. The van der Waals surface area contributed by atoms with Gasteiger partial charge in [-0.1, -0.05) is 60.7 Å². The summed E-state index contributed by atoms with van der Waals surface area (Å²) in [5.41, 5.74) is 1.45. The van der Waals surface area contributed by atoms with Gasteiger partial charge in [-0.2, -0.15) is 5.26 Å². The summed E-state index contributed by atoms with van der Waals surface area (Å²) >= 11 is 0. The Morgan fingerprint density at radius 1 is 0.833 bits per heavy atom. The van der Waals surface area contributed by atoms with E-state index in [0.717, 1.165) is 16.7 Å². The highest BCUT2D eigenvalue weighted by atomic mass is 19.1. The van der Waals surface area contributed by atoms with Gasteiger partial charge in [0, 0.05) is 11.1 Å². The molecule has 0 fully saturated rings. The molecule has 0 amide bonds. The van der Waals surface area contributed by atoms with Crippen LogP contribution in [0.4, 0.5) is 4.39 Å². The Balaban J connectivity index is 2.04. The molecule has 0 unspecified atom stereocenters. The average Bonchev–Trinajstić information content (AvgIpc) is 2.79. The molecule has 4 nitrogen and oxygen atoms in total. The summed E-state index contributed by atoms with van der Waals surface area (Å²) in [5, 5.41) is 9.71. The van der Waals surface area contributed by atoms with Gasteiger partial charge in [0.2, 0.25) is 0 Å². The van der Waals surface area contributed by atoms with Gasteiger partial charge in [-0.05, 0) is 41.5 Å². The van der Waals surface area contributed by atoms with Crippen molar-refractivity contribution in [2.75, 3.05) is 0 Å². The van der Waals surface area contributed by atoms with E-state index in [2.05, 4.69) is 0 Å². The lowest BCUT2D eigenvalue weighted by Gasteiger charge is -2.15. The van der Waals surface area contributed by atoms with Crippen molar-refractivity contribution >= 4 is 5.91 Å². The van der Waals surface area contributed by atoms with Gasteiger partial charge in [0.05, 0.1) is 5.69 Å². The number of carbonyl (C=O) groups is 1. The Kier molecular flexibility index (Phi) is 5.06. The maximum Gasteiger partial charge on any atom is 0.276 e. The van der Waals surface area contributed by atoms with E-state index in [-0.39, 0.29) is 11.1 Å². The van der Waals surface area contributed by atoms with Crippen LogP contribution in [0.25, 0.3) is 22.4 Å². The number of pyridine rings is 1. The molecule has 0 saturated carbocycles. The van der Waals surface area contributed by atoms with Crippen LogP contribution in [0.1, 0.15) is 15.9 Å². The second-order valence-corrected chi connectivity index (χ2v) is 6.61. The van der Waals surface area contributed by atoms with E-state index in [0.29, 0.717) is 22.4 Å². The molecule has 5 heteroatoms. The quantitative estimate of drug-likeness (QED) is 0.497. The predicted molar refractivity (Wildman–Crippen MR) is 112 cm³/mol. The van der Waals surface area contributed by atoms with Gasteiger partial charge in [0.1, 0.15) is 17.4 Å². The summed E-state index contributed by atoms with van der Waals surface area (Å²) in [6.07, 6.45) is 0. The fourth-order valence-electron chi connectivity index (χ4n) is 3.31. The Labute approximate surface area is 172 Å². The topological polar surface area (TPSA) is 62.9 Å². The third-order valence-electron chi connectivity index (χ3n) is 4.77. The minimum Gasteiger partial charge on any atom is -0.268 e. The number of rotatable bonds is 3. The van der Waals surface area contributed by atoms with E-state index in [1.807, 2.05) is 30.3 Å². The van der Waals surface area contributed by atoms with Crippen molar-refractivity contribution < 1.29 is 9.18 Å². The molecule has 0 aliphatic carbocycles. The summed E-state index contributed by atoms with van der Waals surface area (Å²) < 4.78 is 14.3. The van der Waals surface area contributed by atoms with Gasteiger partial charge in [-0.15, -0.1) is 0 Å². The second-order valence-electron chi connectivity index (χ2n) is 6.61. The Hall–Kier alpha value is -4.30. The fraction of sp³-hybridized carbons (Fsp3) is 0. The maximum atomic E-state index is 13.3. The lowest BCUT2D eigenvalue weighted by Crippen LogP contribution is -2.31. The Bertz CT molecular complexity index is 1320. The monoisotopic (exact) mass is 394 g/mol. The van der Waals surface area contributed by atoms with Crippen molar-refractivity contribution in [3.63, 3.8) is 0 Å². The zero-order chi connectivity index (χ0) is 21.1. The van der Waals surface area contributed by atoms with Crippen LogP contribution in [-0.4, -0.2) is 10.5 Å². The van der Waals surface area contributed by atoms with Crippen molar-refractivity contribution in [2.45, 2.75) is 0 Å². The number of aromatic nitrogens is 1. The minimum absolute atomic E-state index is 0.128. The molecule has 1 heterocycles. The number of hydrogen-bond acceptors (Lipinski definition) is 3. The van der Waals surface area contributed by atoms with Crippen molar-refractivity contribution in [2.24, 2.45) is 0 Å². The van der Waals surface area contributed by atoms with E-state index in [1.165, 1.54) is 12.1 Å². The Morgan fingerprint density at radius 3 is 1.97 bits per heavy atom. The number of halogens is 1. The highest BCUT2D eigenvalue weighted by molar-refractivity contribution is 5.99. The van der Waals surface area contributed by atoms with E-state index in [4.69, 9.17) is 0 Å². The molecule has 30 heavy (non-hydrogen) atoms. The van der Waals surface area contributed by atoms with Crippen LogP contribution in [0.5, 0.6) is 0 Å². The lowest BCUT2D eigenvalue weighted by atomic mass is 9.98.